The number of fused-ring (bicyclic) bond motifs is 4. The first-order chi connectivity index (χ1) is 31.6. The molecule has 4 atom stereocenters. The molecule has 6 heterocycles. The van der Waals surface area contributed by atoms with Crippen molar-refractivity contribution in [3.05, 3.63) is 126 Å². The van der Waals surface area contributed by atoms with E-state index in [1.807, 2.05) is 0 Å². The summed E-state index contributed by atoms with van der Waals surface area (Å²) in [5, 5.41) is 4.77. The molecule has 23 heteroatoms. The molecular weight excluding hydrogens is 884 g/mol. The van der Waals surface area contributed by atoms with E-state index in [2.05, 4.69) is 10.6 Å². The van der Waals surface area contributed by atoms with Gasteiger partial charge in [0.2, 0.25) is 35.9 Å². The predicted molar refractivity (Wildman–Crippen MR) is 215 cm³/mol. The Bertz CT molecular complexity index is 2580. The molecule has 2 N–H and O–H groups in total. The smallest absolute Gasteiger partial charge is 0.451 e. The highest BCUT2D eigenvalue weighted by Crippen LogP contribution is 2.32. The summed E-state index contributed by atoms with van der Waals surface area (Å²) in [6.45, 7) is 1.09. The second-order valence-corrected chi connectivity index (χ2v) is 15.7. The van der Waals surface area contributed by atoms with E-state index in [4.69, 9.17) is 28.4 Å². The number of pyridine rings is 2. The summed E-state index contributed by atoms with van der Waals surface area (Å²) < 4.78 is 90.8. The van der Waals surface area contributed by atoms with E-state index in [9.17, 15) is 51.1 Å². The molecule has 8 rings (SSSR count). The van der Waals surface area contributed by atoms with Crippen LogP contribution in [-0.4, -0.2) is 100 Å². The Morgan fingerprint density at radius 2 is 1.06 bits per heavy atom. The minimum Gasteiger partial charge on any atom is -0.451 e. The lowest BCUT2D eigenvalue weighted by Crippen LogP contribution is -2.57. The number of nitrogens with zero attached hydrogens (tertiary/aromatic N) is 4. The van der Waals surface area contributed by atoms with Crippen molar-refractivity contribution in [1.29, 1.82) is 0 Å². The Labute approximate surface area is 370 Å². The van der Waals surface area contributed by atoms with Gasteiger partial charge >= 0.3 is 6.16 Å². The summed E-state index contributed by atoms with van der Waals surface area (Å²) in [5.41, 5.74) is -4.07. The molecule has 0 unspecified atom stereocenters. The number of carbonyl (C=O) groups excluding carboxylic acids is 5. The number of rotatable bonds is 12. The van der Waals surface area contributed by atoms with Crippen molar-refractivity contribution in [2.75, 3.05) is 26.8 Å². The molecule has 4 aromatic rings. The molecule has 4 amide bonds. The summed E-state index contributed by atoms with van der Waals surface area (Å²) in [6, 6.07) is 4.81. The third kappa shape index (κ3) is 8.90. The van der Waals surface area contributed by atoms with Crippen LogP contribution >= 0.6 is 0 Å². The highest BCUT2D eigenvalue weighted by molar-refractivity contribution is 6.00. The molecule has 0 radical (unpaired) electrons. The van der Waals surface area contributed by atoms with Crippen LogP contribution < -0.4 is 31.0 Å². The highest BCUT2D eigenvalue weighted by Gasteiger charge is 2.43. The van der Waals surface area contributed by atoms with Gasteiger partial charge < -0.3 is 58.0 Å². The summed E-state index contributed by atoms with van der Waals surface area (Å²) in [4.78, 5) is 97.8. The van der Waals surface area contributed by atoms with E-state index < -0.39 is 126 Å². The van der Waals surface area contributed by atoms with E-state index >= 15 is 0 Å². The van der Waals surface area contributed by atoms with Crippen molar-refractivity contribution >= 4 is 29.8 Å². The second-order valence-electron chi connectivity index (χ2n) is 15.7. The van der Waals surface area contributed by atoms with Crippen molar-refractivity contribution in [3.8, 4) is 11.5 Å². The molecule has 19 nitrogen and oxygen atoms in total. The first-order valence-electron chi connectivity index (χ1n) is 20.5. The zero-order valence-corrected chi connectivity index (χ0v) is 35.1. The zero-order chi connectivity index (χ0) is 47.0. The molecule has 2 fully saturated rings. The lowest BCUT2D eigenvalue weighted by atomic mass is 10.1. The first kappa shape index (κ1) is 45.3. The lowest BCUT2D eigenvalue weighted by Gasteiger charge is -2.44. The fraction of sp³-hybridized carbons (Fsp3) is 0.372. The van der Waals surface area contributed by atoms with Crippen LogP contribution in [0, 0.1) is 23.3 Å². The van der Waals surface area contributed by atoms with E-state index in [1.54, 1.807) is 13.8 Å². The number of nitrogens with one attached hydrogen (secondary N) is 2. The highest BCUT2D eigenvalue weighted by atomic mass is 19.1. The summed E-state index contributed by atoms with van der Waals surface area (Å²) in [6.07, 6.45) is 0.136. The van der Waals surface area contributed by atoms with Crippen molar-refractivity contribution in [2.45, 2.75) is 77.4 Å². The quantitative estimate of drug-likeness (QED) is 0.119. The number of amides is 4. The van der Waals surface area contributed by atoms with Crippen molar-refractivity contribution in [2.24, 2.45) is 0 Å². The minimum absolute atomic E-state index is 0.0403. The van der Waals surface area contributed by atoms with E-state index in [1.165, 1.54) is 18.9 Å². The maximum Gasteiger partial charge on any atom is 0.514 e. The van der Waals surface area contributed by atoms with Crippen molar-refractivity contribution < 1.29 is 70.0 Å². The van der Waals surface area contributed by atoms with Crippen LogP contribution in [0.4, 0.5) is 22.4 Å². The molecule has 66 heavy (non-hydrogen) atoms. The summed E-state index contributed by atoms with van der Waals surface area (Å²) in [7, 11) is 0. The van der Waals surface area contributed by atoms with E-state index in [0.717, 1.165) is 36.7 Å². The fourth-order valence-electron chi connectivity index (χ4n) is 8.06. The predicted octanol–water partition coefficient (Wildman–Crippen LogP) is 3.13. The zero-order valence-electron chi connectivity index (χ0n) is 35.1. The second kappa shape index (κ2) is 18.7. The van der Waals surface area contributed by atoms with Crippen LogP contribution in [0.15, 0.2) is 58.4 Å². The number of aromatic nitrogens is 2. The average Bonchev–Trinajstić information content (AvgIpc) is 3.27. The third-order valence-electron chi connectivity index (χ3n) is 11.5. The maximum absolute atomic E-state index is 14.3. The molecule has 2 aromatic carbocycles. The minimum atomic E-state index is -1.50. The monoisotopic (exact) mass is 924 g/mol. The molecule has 2 aromatic heterocycles. The molecule has 2 saturated heterocycles. The van der Waals surface area contributed by atoms with Gasteiger partial charge in [0, 0.05) is 60.8 Å². The molecule has 0 spiro atoms. The van der Waals surface area contributed by atoms with Gasteiger partial charge in [-0.05, 0) is 38.8 Å². The third-order valence-corrected chi connectivity index (χ3v) is 11.5. The van der Waals surface area contributed by atoms with Crippen LogP contribution in [0.2, 0.25) is 0 Å². The Kier molecular flexibility index (Phi) is 12.8. The van der Waals surface area contributed by atoms with E-state index in [-0.39, 0.29) is 47.7 Å². The van der Waals surface area contributed by atoms with Crippen LogP contribution in [0.25, 0.3) is 0 Å². The van der Waals surface area contributed by atoms with Crippen LogP contribution in [0.3, 0.4) is 0 Å². The molecular formula is C43H40F4N6O13. The molecule has 0 bridgehead atoms. The SMILES string of the molecule is C[C@@H]1CCO[C@H]2Cn3cc(C(=O)NCc4ccc(F)cc4F)c(=O)c(OCOC(=O)OCOc4c5n(cc(C(=O)NCc6ccc(F)cc6F)c4=O)C[C@@H]4OCC[C@@H](C)N4C5=O)c3C(=O)N12. The lowest BCUT2D eigenvalue weighted by molar-refractivity contribution is -0.112. The molecule has 348 valence electrons. The van der Waals surface area contributed by atoms with Gasteiger partial charge in [0.05, 0.1) is 26.3 Å². The number of hydrogen-bond donors (Lipinski definition) is 2. The van der Waals surface area contributed by atoms with Gasteiger partial charge in [0.15, 0.2) is 23.8 Å². The molecule has 4 aliphatic heterocycles. The topological polar surface area (TPSA) is 215 Å². The van der Waals surface area contributed by atoms with Crippen LogP contribution in [0.1, 0.15) is 79.5 Å². The van der Waals surface area contributed by atoms with Gasteiger partial charge in [-0.2, -0.15) is 0 Å². The number of hydrogen-bond acceptors (Lipinski definition) is 13. The first-order valence-corrected chi connectivity index (χ1v) is 20.5. The van der Waals surface area contributed by atoms with E-state index in [0.29, 0.717) is 38.2 Å². The average molecular weight is 925 g/mol. The Morgan fingerprint density at radius 3 is 1.45 bits per heavy atom. The Balaban J connectivity index is 0.990. The normalized spacial score (nSPS) is 19.7. The van der Waals surface area contributed by atoms with Gasteiger partial charge in [-0.15, -0.1) is 0 Å². The molecule has 4 aliphatic rings. The number of halogens is 4. The largest absolute Gasteiger partial charge is 0.514 e. The fourth-order valence-corrected chi connectivity index (χ4v) is 8.06. The number of benzene rings is 2. The van der Waals surface area contributed by atoms with Gasteiger partial charge in [-0.1, -0.05) is 12.1 Å². The van der Waals surface area contributed by atoms with Crippen LogP contribution in [0.5, 0.6) is 11.5 Å². The Morgan fingerprint density at radius 1 is 0.652 bits per heavy atom. The van der Waals surface area contributed by atoms with Crippen LogP contribution in [-0.2, 0) is 45.1 Å². The van der Waals surface area contributed by atoms with Crippen molar-refractivity contribution in [3.63, 3.8) is 0 Å². The number of carbonyl (C=O) groups is 5. The van der Waals surface area contributed by atoms with Gasteiger partial charge in [-0.25, -0.2) is 22.4 Å². The van der Waals surface area contributed by atoms with Crippen molar-refractivity contribution in [1.82, 2.24) is 29.6 Å². The number of ether oxygens (including phenoxy) is 6. The van der Waals surface area contributed by atoms with Gasteiger partial charge in [0.1, 0.15) is 34.4 Å². The molecule has 0 saturated carbocycles. The standard InChI is InChI=1S/C43H40F4N6O13/c1-21-7-9-61-31-17-50-15-27(39(56)48-13-23-3-5-25(44)11-29(23)46)35(54)37(33(50)41(58)52(21)31)63-19-65-43(60)66-20-64-38-34-42(59)53-22(2)8-10-62-32(53)18-51(34)16-28(36(38)55)40(57)49-14-24-4-6-26(45)12-30(24)47/h3-6,11-12,15-16,21-22,31-32H,7-10,13-14,17-20H2,1-2H3,(H,48,56)(H,49,57)/t21-,22-,31+,32+/m1/s1. The Hall–Kier alpha value is -7.27. The molecule has 0 aliphatic carbocycles. The van der Waals surface area contributed by atoms with Gasteiger partial charge in [0.25, 0.3) is 23.6 Å². The summed E-state index contributed by atoms with van der Waals surface area (Å²) >= 11 is 0. The van der Waals surface area contributed by atoms with Gasteiger partial charge in [-0.3, -0.25) is 28.8 Å². The summed E-state index contributed by atoms with van der Waals surface area (Å²) in [5.74, 6) is -8.35. The maximum atomic E-state index is 14.3.